The zero-order valence-corrected chi connectivity index (χ0v) is 7.51. The normalized spacial score (nSPS) is 9.93. The number of benzene rings is 1. The summed E-state index contributed by atoms with van der Waals surface area (Å²) in [5.74, 6) is -2.34. The molecule has 2 N–H and O–H groups in total. The number of primary amides is 1. The smallest absolute Gasteiger partial charge is 0.221 e. The van der Waals surface area contributed by atoms with Gasteiger partial charge in [0.1, 0.15) is 5.82 Å². The summed E-state index contributed by atoms with van der Waals surface area (Å²) >= 11 is 0. The molecule has 0 aliphatic carbocycles. The van der Waals surface area contributed by atoms with Gasteiger partial charge in [-0.25, -0.2) is 8.78 Å². The molecule has 76 valence electrons. The van der Waals surface area contributed by atoms with E-state index in [0.717, 1.165) is 12.1 Å². The maximum Gasteiger partial charge on any atom is 0.221 e. The lowest BCUT2D eigenvalue weighted by Crippen LogP contribution is -2.14. The quantitative estimate of drug-likeness (QED) is 0.793. The average molecular weight is 201 g/mol. The summed E-state index contributed by atoms with van der Waals surface area (Å²) in [7, 11) is 1.23. The number of methoxy groups -OCH3 is 1. The summed E-state index contributed by atoms with van der Waals surface area (Å²) < 4.78 is 30.7. The minimum atomic E-state index is -0.717. The molecule has 1 aromatic rings. The van der Waals surface area contributed by atoms with Crippen molar-refractivity contribution in [2.45, 2.75) is 6.42 Å². The number of hydrogen-bond donors (Lipinski definition) is 1. The predicted molar refractivity (Wildman–Crippen MR) is 45.8 cm³/mol. The summed E-state index contributed by atoms with van der Waals surface area (Å²) in [4.78, 5) is 10.5. The van der Waals surface area contributed by atoms with Crippen molar-refractivity contribution in [3.05, 3.63) is 29.3 Å². The van der Waals surface area contributed by atoms with Crippen LogP contribution in [0.25, 0.3) is 0 Å². The lowest BCUT2D eigenvalue weighted by molar-refractivity contribution is -0.117. The Labute approximate surface area is 79.5 Å². The van der Waals surface area contributed by atoms with Gasteiger partial charge in [-0.1, -0.05) is 0 Å². The number of ether oxygens (including phenoxy) is 1. The SMILES string of the molecule is COc1cc(F)c(CC(N)=O)cc1F. The highest BCUT2D eigenvalue weighted by molar-refractivity contribution is 5.76. The fourth-order valence-corrected chi connectivity index (χ4v) is 1.05. The molecule has 0 aliphatic rings. The number of hydrogen-bond acceptors (Lipinski definition) is 2. The second kappa shape index (κ2) is 4.04. The third kappa shape index (κ3) is 2.18. The second-order valence-electron chi connectivity index (χ2n) is 2.72. The second-order valence-corrected chi connectivity index (χ2v) is 2.72. The van der Waals surface area contributed by atoms with Crippen molar-refractivity contribution in [1.29, 1.82) is 0 Å². The molecular weight excluding hydrogens is 192 g/mol. The molecule has 3 nitrogen and oxygen atoms in total. The molecule has 0 saturated carbocycles. The number of nitrogens with two attached hydrogens (primary N) is 1. The Kier molecular flexibility index (Phi) is 3.01. The highest BCUT2D eigenvalue weighted by Gasteiger charge is 2.11. The third-order valence-electron chi connectivity index (χ3n) is 1.69. The topological polar surface area (TPSA) is 52.3 Å². The van der Waals surface area contributed by atoms with Gasteiger partial charge in [-0.3, -0.25) is 4.79 Å². The van der Waals surface area contributed by atoms with Gasteiger partial charge < -0.3 is 10.5 Å². The molecule has 1 amide bonds. The molecule has 0 aromatic heterocycles. The van der Waals surface area contributed by atoms with Gasteiger partial charge >= 0.3 is 0 Å². The van der Waals surface area contributed by atoms with Gasteiger partial charge in [-0.2, -0.15) is 0 Å². The molecule has 0 spiro atoms. The minimum Gasteiger partial charge on any atom is -0.494 e. The van der Waals surface area contributed by atoms with Crippen molar-refractivity contribution >= 4 is 5.91 Å². The monoisotopic (exact) mass is 201 g/mol. The molecule has 0 aliphatic heterocycles. The Morgan fingerprint density at radius 1 is 1.43 bits per heavy atom. The van der Waals surface area contributed by atoms with Gasteiger partial charge in [0.2, 0.25) is 5.91 Å². The number of rotatable bonds is 3. The van der Waals surface area contributed by atoms with Crippen molar-refractivity contribution in [2.75, 3.05) is 7.11 Å². The van der Waals surface area contributed by atoms with E-state index in [4.69, 9.17) is 5.73 Å². The highest BCUT2D eigenvalue weighted by atomic mass is 19.1. The van der Waals surface area contributed by atoms with E-state index in [9.17, 15) is 13.6 Å². The fraction of sp³-hybridized carbons (Fsp3) is 0.222. The Hall–Kier alpha value is -1.65. The molecule has 0 heterocycles. The Morgan fingerprint density at radius 2 is 2.07 bits per heavy atom. The molecule has 1 rings (SSSR count). The van der Waals surface area contributed by atoms with Crippen molar-refractivity contribution in [3.63, 3.8) is 0 Å². The largest absolute Gasteiger partial charge is 0.494 e. The van der Waals surface area contributed by atoms with Crippen molar-refractivity contribution in [1.82, 2.24) is 0 Å². The molecule has 1 aromatic carbocycles. The first-order chi connectivity index (χ1) is 6.54. The van der Waals surface area contributed by atoms with Crippen LogP contribution in [0.2, 0.25) is 0 Å². The lowest BCUT2D eigenvalue weighted by Gasteiger charge is -2.05. The van der Waals surface area contributed by atoms with Crippen molar-refractivity contribution < 1.29 is 18.3 Å². The van der Waals surface area contributed by atoms with Gasteiger partial charge in [0.15, 0.2) is 11.6 Å². The third-order valence-corrected chi connectivity index (χ3v) is 1.69. The average Bonchev–Trinajstić information content (AvgIpc) is 2.10. The maximum absolute atomic E-state index is 13.1. The van der Waals surface area contributed by atoms with Crippen LogP contribution in [0, 0.1) is 11.6 Å². The summed E-state index contributed by atoms with van der Waals surface area (Å²) in [6.07, 6.45) is -0.327. The molecule has 14 heavy (non-hydrogen) atoms. The van der Waals surface area contributed by atoms with E-state index in [1.165, 1.54) is 7.11 Å². The van der Waals surface area contributed by atoms with Gasteiger partial charge in [-0.05, 0) is 6.07 Å². The van der Waals surface area contributed by atoms with E-state index >= 15 is 0 Å². The maximum atomic E-state index is 13.1. The molecule has 5 heteroatoms. The van der Waals surface area contributed by atoms with E-state index in [0.29, 0.717) is 0 Å². The van der Waals surface area contributed by atoms with Crippen molar-refractivity contribution in [2.24, 2.45) is 5.73 Å². The van der Waals surface area contributed by atoms with Crippen LogP contribution in [0.5, 0.6) is 5.75 Å². The Bertz CT molecular complexity index is 366. The first-order valence-corrected chi connectivity index (χ1v) is 3.84. The van der Waals surface area contributed by atoms with Crippen LogP contribution in [0.4, 0.5) is 8.78 Å². The molecule has 0 unspecified atom stereocenters. The molecule has 0 radical (unpaired) electrons. The van der Waals surface area contributed by atoms with Gasteiger partial charge in [0.05, 0.1) is 13.5 Å². The minimum absolute atomic E-state index is 0.0733. The fourth-order valence-electron chi connectivity index (χ4n) is 1.05. The van der Waals surface area contributed by atoms with Crippen LogP contribution >= 0.6 is 0 Å². The summed E-state index contributed by atoms with van der Waals surface area (Å²) in [6.45, 7) is 0. The number of halogens is 2. The van der Waals surface area contributed by atoms with E-state index in [1.54, 1.807) is 0 Å². The Morgan fingerprint density at radius 3 is 2.57 bits per heavy atom. The highest BCUT2D eigenvalue weighted by Crippen LogP contribution is 2.21. The molecule has 0 saturated heterocycles. The van der Waals surface area contributed by atoms with E-state index in [-0.39, 0.29) is 17.7 Å². The zero-order chi connectivity index (χ0) is 10.7. The number of amides is 1. The summed E-state index contributed by atoms with van der Waals surface area (Å²) in [6, 6.07) is 1.78. The van der Waals surface area contributed by atoms with Crippen LogP contribution in [-0.2, 0) is 11.2 Å². The number of carbonyl (C=O) groups excluding carboxylic acids is 1. The molecular formula is C9H9F2NO2. The first-order valence-electron chi connectivity index (χ1n) is 3.84. The van der Waals surface area contributed by atoms with Crippen LogP contribution in [-0.4, -0.2) is 13.0 Å². The Balaban J connectivity index is 3.08. The van der Waals surface area contributed by atoms with Crippen LogP contribution in [0.15, 0.2) is 12.1 Å². The molecule has 0 atom stereocenters. The van der Waals surface area contributed by atoms with Gasteiger partial charge in [-0.15, -0.1) is 0 Å². The van der Waals surface area contributed by atoms with Gasteiger partial charge in [0, 0.05) is 11.6 Å². The van der Waals surface area contributed by atoms with Crippen LogP contribution < -0.4 is 10.5 Å². The van der Waals surface area contributed by atoms with E-state index < -0.39 is 17.5 Å². The molecule has 0 fully saturated rings. The first kappa shape index (κ1) is 10.4. The predicted octanol–water partition coefficient (Wildman–Crippen LogP) is 1.00. The zero-order valence-electron chi connectivity index (χ0n) is 7.51. The van der Waals surface area contributed by atoms with Crippen LogP contribution in [0.1, 0.15) is 5.56 Å². The van der Waals surface area contributed by atoms with Crippen molar-refractivity contribution in [3.8, 4) is 5.75 Å². The molecule has 0 bridgehead atoms. The van der Waals surface area contributed by atoms with Gasteiger partial charge in [0.25, 0.3) is 0 Å². The number of carbonyl (C=O) groups is 1. The summed E-state index contributed by atoms with van der Waals surface area (Å²) in [5, 5.41) is 0. The standard InChI is InChI=1S/C9H9F2NO2/c1-14-8-4-6(10)5(2-7(8)11)3-9(12)13/h2,4H,3H2,1H3,(H2,12,13). The lowest BCUT2D eigenvalue weighted by atomic mass is 10.1. The van der Waals surface area contributed by atoms with Crippen LogP contribution in [0.3, 0.4) is 0 Å². The summed E-state index contributed by atoms with van der Waals surface area (Å²) in [5.41, 5.74) is 4.78. The van der Waals surface area contributed by atoms with E-state index in [1.807, 2.05) is 0 Å². The van der Waals surface area contributed by atoms with E-state index in [2.05, 4.69) is 4.74 Å².